The van der Waals surface area contributed by atoms with Crippen LogP contribution in [0.25, 0.3) is 10.8 Å². The number of fused-ring (bicyclic) bond motifs is 1. The number of aryl methyl sites for hydroxylation is 3. The number of likely N-dealkylation sites (tertiary alicyclic amines) is 1. The Morgan fingerprint density at radius 1 is 1.13 bits per heavy atom. The first-order valence-corrected chi connectivity index (χ1v) is 11.1. The van der Waals surface area contributed by atoms with Crippen molar-refractivity contribution >= 4 is 22.6 Å². The van der Waals surface area contributed by atoms with E-state index < -0.39 is 0 Å². The highest BCUT2D eigenvalue weighted by Crippen LogP contribution is 2.23. The second kappa shape index (κ2) is 9.33. The minimum Gasteiger partial charge on any atom is -0.356 e. The molecule has 3 aromatic rings. The quantitative estimate of drug-likeness (QED) is 0.621. The molecule has 2 heterocycles. The summed E-state index contributed by atoms with van der Waals surface area (Å²) in [5, 5.41) is 9.54. The molecule has 0 bridgehead atoms. The van der Waals surface area contributed by atoms with E-state index in [2.05, 4.69) is 16.5 Å². The van der Waals surface area contributed by atoms with Crippen LogP contribution in [-0.2, 0) is 11.3 Å². The molecule has 1 atom stereocenters. The summed E-state index contributed by atoms with van der Waals surface area (Å²) in [6.45, 7) is 6.61. The van der Waals surface area contributed by atoms with Gasteiger partial charge in [0.05, 0.1) is 11.6 Å². The summed E-state index contributed by atoms with van der Waals surface area (Å²) in [6, 6.07) is 15.8. The van der Waals surface area contributed by atoms with Crippen molar-refractivity contribution in [3.05, 3.63) is 65.5 Å². The predicted molar refractivity (Wildman–Crippen MR) is 122 cm³/mol. The van der Waals surface area contributed by atoms with Crippen LogP contribution in [0.5, 0.6) is 0 Å². The molecule has 1 aromatic heterocycles. The van der Waals surface area contributed by atoms with Gasteiger partial charge in [-0.3, -0.25) is 14.3 Å². The molecule has 6 nitrogen and oxygen atoms in total. The molecule has 4 rings (SSSR count). The van der Waals surface area contributed by atoms with E-state index in [4.69, 9.17) is 0 Å². The zero-order chi connectivity index (χ0) is 21.8. The molecule has 1 unspecified atom stereocenters. The summed E-state index contributed by atoms with van der Waals surface area (Å²) < 4.78 is 1.98. The maximum Gasteiger partial charge on any atom is 0.254 e. The van der Waals surface area contributed by atoms with Crippen LogP contribution in [-0.4, -0.2) is 46.1 Å². The molecule has 2 amide bonds. The number of carbonyl (C=O) groups is 2. The van der Waals surface area contributed by atoms with E-state index in [-0.39, 0.29) is 17.7 Å². The minimum atomic E-state index is -0.152. The summed E-state index contributed by atoms with van der Waals surface area (Å²) in [5.41, 5.74) is 2.86. The molecule has 162 valence electrons. The predicted octanol–water partition coefficient (Wildman–Crippen LogP) is 3.71. The van der Waals surface area contributed by atoms with E-state index in [1.807, 2.05) is 65.9 Å². The number of benzene rings is 2. The Balaban J connectivity index is 1.33. The van der Waals surface area contributed by atoms with Gasteiger partial charge >= 0.3 is 0 Å². The van der Waals surface area contributed by atoms with Crippen molar-refractivity contribution in [3.63, 3.8) is 0 Å². The van der Waals surface area contributed by atoms with Crippen LogP contribution in [0.2, 0.25) is 0 Å². The van der Waals surface area contributed by atoms with Gasteiger partial charge in [-0.25, -0.2) is 0 Å². The Labute approximate surface area is 183 Å². The lowest BCUT2D eigenvalue weighted by Gasteiger charge is -2.32. The molecular weight excluding hydrogens is 388 g/mol. The lowest BCUT2D eigenvalue weighted by molar-refractivity contribution is -0.126. The average Bonchev–Trinajstić information content (AvgIpc) is 3.12. The Morgan fingerprint density at radius 2 is 1.94 bits per heavy atom. The lowest BCUT2D eigenvalue weighted by Crippen LogP contribution is -2.45. The van der Waals surface area contributed by atoms with Crippen molar-refractivity contribution in [1.82, 2.24) is 20.0 Å². The highest BCUT2D eigenvalue weighted by molar-refractivity contribution is 6.07. The highest BCUT2D eigenvalue weighted by atomic mass is 16.2. The molecule has 0 spiro atoms. The van der Waals surface area contributed by atoms with Gasteiger partial charge < -0.3 is 10.2 Å². The molecule has 1 aliphatic heterocycles. The third-order valence-corrected chi connectivity index (χ3v) is 6.05. The maximum atomic E-state index is 13.2. The first kappa shape index (κ1) is 21.1. The van der Waals surface area contributed by atoms with Gasteiger partial charge in [0.15, 0.2) is 0 Å². The highest BCUT2D eigenvalue weighted by Gasteiger charge is 2.29. The standard InChI is InChI=1S/C25H30N4O2/c1-18-16-19(2)29(27-18)15-7-13-26-24(30)21-10-6-14-28(17-21)25(31)23-12-5-9-20-8-3-4-11-22(20)23/h3-5,8-9,11-12,16,21H,6-7,10,13-15,17H2,1-2H3,(H,26,30). The smallest absolute Gasteiger partial charge is 0.254 e. The van der Waals surface area contributed by atoms with Crippen molar-refractivity contribution < 1.29 is 9.59 Å². The van der Waals surface area contributed by atoms with E-state index in [0.717, 1.165) is 48.0 Å². The second-order valence-corrected chi connectivity index (χ2v) is 8.41. The Bertz CT molecular complexity index is 1080. The molecular formula is C25H30N4O2. The zero-order valence-corrected chi connectivity index (χ0v) is 18.3. The SMILES string of the molecule is Cc1cc(C)n(CCCNC(=O)C2CCCN(C(=O)c3cccc4ccccc34)C2)n1. The minimum absolute atomic E-state index is 0.0128. The number of nitrogens with zero attached hydrogens (tertiary/aromatic N) is 3. The largest absolute Gasteiger partial charge is 0.356 e. The third kappa shape index (κ3) is 4.79. The number of nitrogens with one attached hydrogen (secondary N) is 1. The number of amides is 2. The fraction of sp³-hybridized carbons (Fsp3) is 0.400. The molecule has 0 saturated carbocycles. The average molecular weight is 419 g/mol. The molecule has 2 aromatic carbocycles. The van der Waals surface area contributed by atoms with Crippen LogP contribution in [0.4, 0.5) is 0 Å². The van der Waals surface area contributed by atoms with Gasteiger partial charge in [0.2, 0.25) is 5.91 Å². The van der Waals surface area contributed by atoms with Crippen molar-refractivity contribution in [2.24, 2.45) is 5.92 Å². The van der Waals surface area contributed by atoms with E-state index in [9.17, 15) is 9.59 Å². The van der Waals surface area contributed by atoms with Crippen LogP contribution in [0, 0.1) is 19.8 Å². The van der Waals surface area contributed by atoms with Gasteiger partial charge in [-0.05, 0) is 56.0 Å². The van der Waals surface area contributed by atoms with Crippen LogP contribution in [0.1, 0.15) is 41.0 Å². The van der Waals surface area contributed by atoms with Gasteiger partial charge in [-0.15, -0.1) is 0 Å². The molecule has 1 fully saturated rings. The van der Waals surface area contributed by atoms with E-state index >= 15 is 0 Å². The topological polar surface area (TPSA) is 67.2 Å². The van der Waals surface area contributed by atoms with Crippen LogP contribution in [0.15, 0.2) is 48.5 Å². The van der Waals surface area contributed by atoms with Gasteiger partial charge in [0.25, 0.3) is 5.91 Å². The number of rotatable bonds is 6. The summed E-state index contributed by atoms with van der Waals surface area (Å²) >= 11 is 0. The molecule has 6 heteroatoms. The Morgan fingerprint density at radius 3 is 2.74 bits per heavy atom. The third-order valence-electron chi connectivity index (χ3n) is 6.05. The first-order chi connectivity index (χ1) is 15.0. The van der Waals surface area contributed by atoms with Crippen LogP contribution in [0.3, 0.4) is 0 Å². The molecule has 0 aliphatic carbocycles. The number of hydrogen-bond acceptors (Lipinski definition) is 3. The molecule has 1 saturated heterocycles. The van der Waals surface area contributed by atoms with Crippen molar-refractivity contribution in [1.29, 1.82) is 0 Å². The summed E-state index contributed by atoms with van der Waals surface area (Å²) in [4.78, 5) is 27.8. The zero-order valence-electron chi connectivity index (χ0n) is 18.3. The number of piperidine rings is 1. The van der Waals surface area contributed by atoms with Crippen LogP contribution < -0.4 is 5.32 Å². The summed E-state index contributed by atoms with van der Waals surface area (Å²) in [5.74, 6) is -0.0935. The van der Waals surface area contributed by atoms with Crippen molar-refractivity contribution in [3.8, 4) is 0 Å². The van der Waals surface area contributed by atoms with E-state index in [0.29, 0.717) is 25.2 Å². The number of hydrogen-bond donors (Lipinski definition) is 1. The van der Waals surface area contributed by atoms with E-state index in [1.54, 1.807) is 0 Å². The molecule has 1 aliphatic rings. The number of carbonyl (C=O) groups excluding carboxylic acids is 2. The summed E-state index contributed by atoms with van der Waals surface area (Å²) in [7, 11) is 0. The monoisotopic (exact) mass is 418 g/mol. The van der Waals surface area contributed by atoms with Crippen LogP contribution >= 0.6 is 0 Å². The van der Waals surface area contributed by atoms with Gasteiger partial charge in [-0.1, -0.05) is 36.4 Å². The summed E-state index contributed by atoms with van der Waals surface area (Å²) in [6.07, 6.45) is 2.50. The normalized spacial score (nSPS) is 16.5. The van der Waals surface area contributed by atoms with E-state index in [1.165, 1.54) is 0 Å². The Hall–Kier alpha value is -3.15. The van der Waals surface area contributed by atoms with Gasteiger partial charge in [-0.2, -0.15) is 5.10 Å². The lowest BCUT2D eigenvalue weighted by atomic mass is 9.95. The maximum absolute atomic E-state index is 13.2. The first-order valence-electron chi connectivity index (χ1n) is 11.1. The second-order valence-electron chi connectivity index (χ2n) is 8.41. The fourth-order valence-corrected chi connectivity index (χ4v) is 4.44. The van der Waals surface area contributed by atoms with Crippen molar-refractivity contribution in [2.75, 3.05) is 19.6 Å². The molecule has 0 radical (unpaired) electrons. The fourth-order valence-electron chi connectivity index (χ4n) is 4.44. The van der Waals surface area contributed by atoms with Gasteiger partial charge in [0, 0.05) is 37.4 Å². The molecule has 1 N–H and O–H groups in total. The van der Waals surface area contributed by atoms with Crippen molar-refractivity contribution in [2.45, 2.75) is 39.7 Å². The van der Waals surface area contributed by atoms with Gasteiger partial charge in [0.1, 0.15) is 0 Å². The molecule has 31 heavy (non-hydrogen) atoms. The number of aromatic nitrogens is 2. The Kier molecular flexibility index (Phi) is 6.35.